The first-order valence-electron chi connectivity index (χ1n) is 11.6. The Morgan fingerprint density at radius 2 is 1.95 bits per heavy atom. The summed E-state index contributed by atoms with van der Waals surface area (Å²) in [7, 11) is -7.23. The van der Waals surface area contributed by atoms with E-state index in [0.29, 0.717) is 0 Å². The molecule has 2 heterocycles. The van der Waals surface area contributed by atoms with Crippen LogP contribution in [0.25, 0.3) is 0 Å². The van der Waals surface area contributed by atoms with E-state index in [0.717, 1.165) is 10.8 Å². The molecule has 2 rings (SSSR count). The number of aromatic amines is 1. The van der Waals surface area contributed by atoms with Crippen molar-refractivity contribution in [2.75, 3.05) is 33.0 Å². The van der Waals surface area contributed by atoms with Crippen LogP contribution in [0.2, 0.25) is 0 Å². The summed E-state index contributed by atoms with van der Waals surface area (Å²) in [6.07, 6.45) is -5.94. The van der Waals surface area contributed by atoms with Crippen molar-refractivity contribution >= 4 is 16.1 Å². The lowest BCUT2D eigenvalue weighted by molar-refractivity contribution is -0.0847. The van der Waals surface area contributed by atoms with Crippen molar-refractivity contribution in [2.24, 2.45) is 5.50 Å². The number of nitrogens with one attached hydrogen (secondary N) is 1. The van der Waals surface area contributed by atoms with Crippen LogP contribution in [0.3, 0.4) is 0 Å². The highest BCUT2D eigenvalue weighted by atomic mass is 31.2. The van der Waals surface area contributed by atoms with Crippen molar-refractivity contribution in [1.29, 1.82) is 5.26 Å². The van der Waals surface area contributed by atoms with Gasteiger partial charge in [0.15, 0.2) is 6.23 Å². The number of ether oxygens (including phenoxy) is 2. The number of H-pyrrole nitrogens is 1. The standard InChI is InChI=1S/C20H32F2N4O10P2/c1-4-33-38(30,34-5-2)20(21,22)11-14-15(36-37(24)32-9-6-7-23)16(31-10-8-27)18(35-14)26-12-13(3)17(28)25-19(26)29/h12,14-16,18,27H,4-6,8-11,24H2,1-3H3,(H,25,28,29)/t14-,15-,16-,18-,37?/m1/s1. The second kappa shape index (κ2) is 14.7. The molecular weight excluding hydrogens is 556 g/mol. The van der Waals surface area contributed by atoms with Crippen LogP contribution in [0.1, 0.15) is 38.5 Å². The first kappa shape index (κ1) is 32.6. The Bertz CT molecular complexity index is 1100. The number of nitrogens with zero attached hydrogens (tertiary/aromatic N) is 2. The largest absolute Gasteiger partial charge is 0.399 e. The topological polar surface area (TPSA) is 197 Å². The number of aryl methyl sites for hydroxylation is 1. The van der Waals surface area contributed by atoms with Gasteiger partial charge in [0.1, 0.15) is 12.2 Å². The molecule has 1 aromatic heterocycles. The van der Waals surface area contributed by atoms with Gasteiger partial charge < -0.3 is 32.7 Å². The van der Waals surface area contributed by atoms with Crippen LogP contribution in [0, 0.1) is 18.3 Å². The van der Waals surface area contributed by atoms with E-state index < -0.39 is 70.6 Å². The maximum absolute atomic E-state index is 15.4. The van der Waals surface area contributed by atoms with Crippen molar-refractivity contribution in [3.8, 4) is 6.07 Å². The number of aliphatic hydroxyl groups is 1. The van der Waals surface area contributed by atoms with E-state index in [-0.39, 0.29) is 38.4 Å². The summed E-state index contributed by atoms with van der Waals surface area (Å²) < 4.78 is 76.7. The number of nitriles is 1. The van der Waals surface area contributed by atoms with Crippen molar-refractivity contribution in [1.82, 2.24) is 9.55 Å². The maximum Gasteiger partial charge on any atom is 0.399 e. The Hall–Kier alpha value is -1.63. The first-order chi connectivity index (χ1) is 17.9. The number of alkyl halides is 2. The van der Waals surface area contributed by atoms with Gasteiger partial charge in [0.25, 0.3) is 14.1 Å². The van der Waals surface area contributed by atoms with E-state index in [1.807, 2.05) is 6.07 Å². The number of rotatable bonds is 16. The zero-order valence-corrected chi connectivity index (χ0v) is 22.9. The van der Waals surface area contributed by atoms with Crippen LogP contribution in [0.5, 0.6) is 0 Å². The molecule has 1 aliphatic rings. The fraction of sp³-hybridized carbons (Fsp3) is 0.750. The van der Waals surface area contributed by atoms with Crippen molar-refractivity contribution < 1.29 is 46.0 Å². The summed E-state index contributed by atoms with van der Waals surface area (Å²) in [5.74, 6) is 0. The second-order valence-corrected chi connectivity index (χ2v) is 11.1. The monoisotopic (exact) mass is 588 g/mol. The summed E-state index contributed by atoms with van der Waals surface area (Å²) in [6, 6.07) is 1.85. The second-order valence-electron chi connectivity index (χ2n) is 7.90. The highest BCUT2D eigenvalue weighted by Gasteiger charge is 2.59. The molecule has 18 heteroatoms. The zero-order chi connectivity index (χ0) is 28.5. The van der Waals surface area contributed by atoms with Gasteiger partial charge in [0.05, 0.1) is 58.0 Å². The lowest BCUT2D eigenvalue weighted by Crippen LogP contribution is -2.41. The van der Waals surface area contributed by atoms with Crippen LogP contribution in [-0.2, 0) is 32.1 Å². The molecule has 1 unspecified atom stereocenters. The van der Waals surface area contributed by atoms with E-state index in [1.54, 1.807) is 0 Å². The maximum atomic E-state index is 15.4. The summed E-state index contributed by atoms with van der Waals surface area (Å²) in [4.78, 5) is 26.6. The lowest BCUT2D eigenvalue weighted by Gasteiger charge is -2.30. The molecule has 1 saturated heterocycles. The molecule has 5 atom stereocenters. The van der Waals surface area contributed by atoms with Crippen LogP contribution in [0.4, 0.5) is 8.78 Å². The number of aliphatic hydroxyl groups excluding tert-OH is 1. The molecule has 0 radical (unpaired) electrons. The van der Waals surface area contributed by atoms with Gasteiger partial charge in [0, 0.05) is 11.8 Å². The molecule has 0 amide bonds. The molecule has 0 aromatic carbocycles. The molecule has 1 aliphatic heterocycles. The quantitative estimate of drug-likeness (QED) is 0.188. The minimum Gasteiger partial charge on any atom is -0.394 e. The number of nitrogens with two attached hydrogens (primary N) is 1. The molecule has 1 fully saturated rings. The minimum atomic E-state index is -4.97. The number of halogens is 2. The van der Waals surface area contributed by atoms with Crippen LogP contribution < -0.4 is 16.8 Å². The molecule has 216 valence electrons. The third-order valence-electron chi connectivity index (χ3n) is 5.21. The molecule has 0 aliphatic carbocycles. The summed E-state index contributed by atoms with van der Waals surface area (Å²) in [5, 5.41) is 18.0. The summed E-state index contributed by atoms with van der Waals surface area (Å²) >= 11 is 0. The Morgan fingerprint density at radius 1 is 1.29 bits per heavy atom. The number of hydrogen-bond donors (Lipinski definition) is 3. The predicted octanol–water partition coefficient (Wildman–Crippen LogP) is 1.87. The van der Waals surface area contributed by atoms with E-state index in [1.165, 1.54) is 20.8 Å². The van der Waals surface area contributed by atoms with Gasteiger partial charge in [-0.2, -0.15) is 14.0 Å². The van der Waals surface area contributed by atoms with Gasteiger partial charge >= 0.3 is 18.9 Å². The van der Waals surface area contributed by atoms with Gasteiger partial charge in [0.2, 0.25) is 0 Å². The average Bonchev–Trinajstić information content (AvgIpc) is 3.16. The smallest absolute Gasteiger partial charge is 0.394 e. The molecule has 38 heavy (non-hydrogen) atoms. The number of hydrogen-bond acceptors (Lipinski definition) is 12. The van der Waals surface area contributed by atoms with Crippen molar-refractivity contribution in [2.45, 2.75) is 63.8 Å². The normalized spacial score (nSPS) is 22.9. The zero-order valence-electron chi connectivity index (χ0n) is 21.1. The SMILES string of the molecule is CCOP(=O)(OCC)C(F)(F)C[C@H]1O[C@@H](n2cc(C)c(=O)[nH]c2=O)[C@H](OCCO)[C@@H]1OP(N)OCCC#N. The number of aromatic nitrogens is 2. The average molecular weight is 588 g/mol. The van der Waals surface area contributed by atoms with Crippen molar-refractivity contribution in [3.05, 3.63) is 32.6 Å². The lowest BCUT2D eigenvalue weighted by atomic mass is 10.1. The molecule has 0 saturated carbocycles. The first-order valence-corrected chi connectivity index (χ1v) is 14.4. The fourth-order valence-corrected chi connectivity index (χ4v) is 5.98. The van der Waals surface area contributed by atoms with Crippen molar-refractivity contribution in [3.63, 3.8) is 0 Å². The van der Waals surface area contributed by atoms with E-state index in [9.17, 15) is 19.3 Å². The molecule has 0 spiro atoms. The highest BCUT2D eigenvalue weighted by molar-refractivity contribution is 7.55. The Balaban J connectivity index is 2.52. The van der Waals surface area contributed by atoms with E-state index in [2.05, 4.69) is 4.98 Å². The van der Waals surface area contributed by atoms with Gasteiger partial charge in [-0.3, -0.25) is 24.4 Å². The Labute approximate surface area is 218 Å². The minimum absolute atomic E-state index is 0.0208. The molecule has 0 bridgehead atoms. The summed E-state index contributed by atoms with van der Waals surface area (Å²) in [6.45, 7) is 2.62. The Kier molecular flexibility index (Phi) is 12.6. The van der Waals surface area contributed by atoms with Crippen LogP contribution >= 0.6 is 16.1 Å². The highest BCUT2D eigenvalue weighted by Crippen LogP contribution is 2.64. The predicted molar refractivity (Wildman–Crippen MR) is 129 cm³/mol. The Morgan fingerprint density at radius 3 is 2.53 bits per heavy atom. The van der Waals surface area contributed by atoms with Gasteiger partial charge in [-0.25, -0.2) is 4.79 Å². The van der Waals surface area contributed by atoms with Crippen LogP contribution in [0.15, 0.2) is 15.8 Å². The molecule has 1 aromatic rings. The summed E-state index contributed by atoms with van der Waals surface area (Å²) in [5.41, 5.74) is 0.331. The van der Waals surface area contributed by atoms with Gasteiger partial charge in [-0.1, -0.05) is 0 Å². The third-order valence-corrected chi connectivity index (χ3v) is 8.28. The van der Waals surface area contributed by atoms with Crippen LogP contribution in [-0.4, -0.2) is 71.7 Å². The third kappa shape index (κ3) is 7.95. The molecule has 4 N–H and O–H groups in total. The fourth-order valence-electron chi connectivity index (χ4n) is 3.62. The van der Waals surface area contributed by atoms with Gasteiger partial charge in [-0.05, 0) is 20.8 Å². The van der Waals surface area contributed by atoms with E-state index >= 15 is 8.78 Å². The molecule has 14 nitrogen and oxygen atoms in total. The molecular formula is C20H32F2N4O10P2. The van der Waals surface area contributed by atoms with Gasteiger partial charge in [-0.15, -0.1) is 0 Å². The van der Waals surface area contributed by atoms with E-state index in [4.69, 9.17) is 38.3 Å².